The highest BCUT2D eigenvalue weighted by molar-refractivity contribution is 8.02. The number of nitrogens with zero attached hydrogens (tertiary/aromatic N) is 2. The Kier molecular flexibility index (Phi) is 1.73. The number of hydrogen-bond acceptors (Lipinski definition) is 3. The van der Waals surface area contributed by atoms with Crippen LogP contribution in [0.25, 0.3) is 0 Å². The van der Waals surface area contributed by atoms with E-state index in [1.54, 1.807) is 16.7 Å². The number of rotatable bonds is 1. The van der Waals surface area contributed by atoms with Gasteiger partial charge in [-0.3, -0.25) is 9.59 Å². The molecule has 2 amide bonds. The van der Waals surface area contributed by atoms with Crippen LogP contribution in [0.3, 0.4) is 0 Å². The number of hydrogen-bond donors (Lipinski definition) is 0. The van der Waals surface area contributed by atoms with Crippen LogP contribution < -0.4 is 0 Å². The van der Waals surface area contributed by atoms with Gasteiger partial charge in [-0.1, -0.05) is 0 Å². The number of amides is 2. The van der Waals surface area contributed by atoms with E-state index < -0.39 is 0 Å². The van der Waals surface area contributed by atoms with Crippen LogP contribution in [0.4, 0.5) is 0 Å². The maximum absolute atomic E-state index is 11.3. The number of aliphatic imine (C=N–C) groups is 1. The lowest BCUT2D eigenvalue weighted by Crippen LogP contribution is -2.57. The molecule has 0 aromatic heterocycles. The Morgan fingerprint density at radius 1 is 1.69 bits per heavy atom. The van der Waals surface area contributed by atoms with E-state index in [1.165, 1.54) is 0 Å². The summed E-state index contributed by atoms with van der Waals surface area (Å²) in [6.45, 7) is 4.92. The molecule has 13 heavy (non-hydrogen) atoms. The summed E-state index contributed by atoms with van der Waals surface area (Å²) in [7, 11) is 0. The van der Waals surface area contributed by atoms with E-state index in [0.717, 1.165) is 6.54 Å². The quantitative estimate of drug-likeness (QED) is 0.449. The van der Waals surface area contributed by atoms with Crippen molar-refractivity contribution in [3.05, 3.63) is 0 Å². The molecular formula is C8H10N2O2S. The normalized spacial score (nSPS) is 33.1. The lowest BCUT2D eigenvalue weighted by Gasteiger charge is -2.33. The molecule has 0 N–H and O–H groups in total. The summed E-state index contributed by atoms with van der Waals surface area (Å²) in [5.74, 6) is -0.0878. The molecule has 0 bridgehead atoms. The second kappa shape index (κ2) is 2.57. The van der Waals surface area contributed by atoms with Crippen LogP contribution in [0.1, 0.15) is 13.8 Å². The van der Waals surface area contributed by atoms with E-state index in [-0.39, 0.29) is 16.0 Å². The average molecular weight is 198 g/mol. The highest BCUT2D eigenvalue weighted by Gasteiger charge is 2.53. The zero-order chi connectivity index (χ0) is 9.64. The molecule has 0 saturated carbocycles. The van der Waals surface area contributed by atoms with Gasteiger partial charge in [0.05, 0.1) is 0 Å². The monoisotopic (exact) mass is 198 g/mol. The molecule has 0 aromatic rings. The second-order valence-corrected chi connectivity index (χ2v) is 5.57. The molecule has 5 heteroatoms. The van der Waals surface area contributed by atoms with E-state index in [1.807, 2.05) is 0 Å². The summed E-state index contributed by atoms with van der Waals surface area (Å²) in [5.41, 5.74) is 0.408. The zero-order valence-corrected chi connectivity index (χ0v) is 8.30. The Hall–Kier alpha value is -0.840. The third kappa shape index (κ3) is 1.18. The molecule has 4 nitrogen and oxygen atoms in total. The van der Waals surface area contributed by atoms with Gasteiger partial charge < -0.3 is 4.90 Å². The van der Waals surface area contributed by atoms with Crippen molar-refractivity contribution in [2.45, 2.75) is 24.0 Å². The molecule has 2 heterocycles. The first-order chi connectivity index (χ1) is 6.05. The van der Waals surface area contributed by atoms with Crippen molar-refractivity contribution in [1.82, 2.24) is 4.90 Å². The predicted octanol–water partition coefficient (Wildman–Crippen LogP) is 0.277. The van der Waals surface area contributed by atoms with Crippen LogP contribution in [-0.2, 0) is 9.59 Å². The smallest absolute Gasteiger partial charge is 0.272 e. The Morgan fingerprint density at radius 2 is 2.38 bits per heavy atom. The summed E-state index contributed by atoms with van der Waals surface area (Å²) in [6, 6.07) is 0. The van der Waals surface area contributed by atoms with Crippen LogP contribution in [0.2, 0.25) is 0 Å². The average Bonchev–Trinajstić information content (AvgIpc) is 2.35. The van der Waals surface area contributed by atoms with Crippen LogP contribution >= 0.6 is 11.8 Å². The maximum atomic E-state index is 11.3. The van der Waals surface area contributed by atoms with Gasteiger partial charge in [0.15, 0.2) is 0 Å². The number of carbonyl (C=O) groups is 2. The Labute approximate surface area is 80.4 Å². The summed E-state index contributed by atoms with van der Waals surface area (Å²) < 4.78 is 0.0838. The fourth-order valence-electron chi connectivity index (χ4n) is 1.64. The van der Waals surface area contributed by atoms with Crippen LogP contribution in [-0.4, -0.2) is 39.6 Å². The SMILES string of the molecule is CC1(C)CN2C(=O)/C(=N/C=O)[C@H]2S1. The van der Waals surface area contributed by atoms with E-state index >= 15 is 0 Å². The fraction of sp³-hybridized carbons (Fsp3) is 0.625. The van der Waals surface area contributed by atoms with E-state index in [2.05, 4.69) is 18.8 Å². The summed E-state index contributed by atoms with van der Waals surface area (Å²) in [4.78, 5) is 26.8. The topological polar surface area (TPSA) is 49.7 Å². The molecule has 2 saturated heterocycles. The van der Waals surface area contributed by atoms with Crippen molar-refractivity contribution >= 4 is 29.8 Å². The van der Waals surface area contributed by atoms with E-state index in [0.29, 0.717) is 12.1 Å². The van der Waals surface area contributed by atoms with Gasteiger partial charge in [-0.2, -0.15) is 0 Å². The number of thioether (sulfide) groups is 1. The first-order valence-corrected chi connectivity index (χ1v) is 4.93. The van der Waals surface area contributed by atoms with Gasteiger partial charge in [0, 0.05) is 11.3 Å². The number of fused-ring (bicyclic) bond motifs is 1. The van der Waals surface area contributed by atoms with Gasteiger partial charge >= 0.3 is 0 Å². The van der Waals surface area contributed by atoms with Gasteiger partial charge in [-0.15, -0.1) is 11.8 Å². The Bertz CT molecular complexity index is 311. The van der Waals surface area contributed by atoms with Crippen LogP contribution in [0.15, 0.2) is 4.99 Å². The minimum absolute atomic E-state index is 0.0210. The molecular weight excluding hydrogens is 188 g/mol. The molecule has 0 aromatic carbocycles. The molecule has 0 spiro atoms. The molecule has 2 aliphatic rings. The highest BCUT2D eigenvalue weighted by Crippen LogP contribution is 2.44. The predicted molar refractivity (Wildman–Crippen MR) is 50.7 cm³/mol. The number of carbonyl (C=O) groups excluding carboxylic acids is 2. The minimum atomic E-state index is -0.0878. The second-order valence-electron chi connectivity index (χ2n) is 3.78. The van der Waals surface area contributed by atoms with Crippen LogP contribution in [0, 0.1) is 0 Å². The largest absolute Gasteiger partial charge is 0.318 e. The molecule has 0 radical (unpaired) electrons. The highest BCUT2D eigenvalue weighted by atomic mass is 32.2. The van der Waals surface area contributed by atoms with Gasteiger partial charge in [-0.05, 0) is 13.8 Å². The van der Waals surface area contributed by atoms with Crippen molar-refractivity contribution in [2.75, 3.05) is 6.54 Å². The number of β-lactam (4-membered cyclic amide) rings is 1. The third-order valence-corrected chi connectivity index (χ3v) is 3.64. The Balaban J connectivity index is 2.22. The molecule has 2 aliphatic heterocycles. The van der Waals surface area contributed by atoms with Crippen molar-refractivity contribution in [1.29, 1.82) is 0 Å². The molecule has 2 rings (SSSR count). The van der Waals surface area contributed by atoms with E-state index in [9.17, 15) is 9.59 Å². The zero-order valence-electron chi connectivity index (χ0n) is 7.48. The van der Waals surface area contributed by atoms with Crippen LogP contribution in [0.5, 0.6) is 0 Å². The molecule has 1 atom stereocenters. The molecule has 0 unspecified atom stereocenters. The summed E-state index contributed by atoms with van der Waals surface area (Å²) in [6.07, 6.45) is 0.441. The molecule has 0 aliphatic carbocycles. The molecule has 70 valence electrons. The summed E-state index contributed by atoms with van der Waals surface area (Å²) in [5, 5.41) is 0.0210. The lowest BCUT2D eigenvalue weighted by molar-refractivity contribution is -0.128. The standard InChI is InChI=1S/C8H10N2O2S/c1-8(2)3-10-6(12)5(9-4-11)7(10)13-8/h4,7H,3H2,1-2H3/b9-5-/t7-/m1/s1. The van der Waals surface area contributed by atoms with Gasteiger partial charge in [0.2, 0.25) is 6.41 Å². The third-order valence-electron chi connectivity index (χ3n) is 2.17. The van der Waals surface area contributed by atoms with Crippen molar-refractivity contribution in [2.24, 2.45) is 4.99 Å². The maximum Gasteiger partial charge on any atom is 0.272 e. The van der Waals surface area contributed by atoms with Crippen molar-refractivity contribution in [3.63, 3.8) is 0 Å². The summed E-state index contributed by atoms with van der Waals surface area (Å²) >= 11 is 1.68. The van der Waals surface area contributed by atoms with Gasteiger partial charge in [0.25, 0.3) is 5.91 Å². The van der Waals surface area contributed by atoms with Gasteiger partial charge in [0.1, 0.15) is 11.1 Å². The first-order valence-electron chi connectivity index (χ1n) is 4.05. The van der Waals surface area contributed by atoms with Gasteiger partial charge in [-0.25, -0.2) is 4.99 Å². The minimum Gasteiger partial charge on any atom is -0.318 e. The lowest BCUT2D eigenvalue weighted by atomic mass is 10.1. The molecule has 2 fully saturated rings. The Morgan fingerprint density at radius 3 is 3.00 bits per heavy atom. The first kappa shape index (κ1) is 8.74. The van der Waals surface area contributed by atoms with Crippen molar-refractivity contribution < 1.29 is 9.59 Å². The van der Waals surface area contributed by atoms with Crippen molar-refractivity contribution in [3.8, 4) is 0 Å². The van der Waals surface area contributed by atoms with E-state index in [4.69, 9.17) is 0 Å². The fourth-order valence-corrected chi connectivity index (χ4v) is 3.03.